The fourth-order valence-electron chi connectivity index (χ4n) is 2.08. The minimum absolute atomic E-state index is 0.0695. The Labute approximate surface area is 113 Å². The van der Waals surface area contributed by atoms with Gasteiger partial charge in [-0.1, -0.05) is 30.3 Å². The lowest BCUT2D eigenvalue weighted by Gasteiger charge is -2.16. The van der Waals surface area contributed by atoms with Crippen molar-refractivity contribution in [2.24, 2.45) is 0 Å². The van der Waals surface area contributed by atoms with E-state index in [0.717, 1.165) is 5.56 Å². The molecule has 4 nitrogen and oxygen atoms in total. The van der Waals surface area contributed by atoms with Crippen LogP contribution in [0.1, 0.15) is 42.0 Å². The highest BCUT2D eigenvalue weighted by atomic mass is 16.5. The van der Waals surface area contributed by atoms with Crippen molar-refractivity contribution in [3.05, 3.63) is 53.9 Å². The van der Waals surface area contributed by atoms with Crippen LogP contribution in [0.4, 0.5) is 0 Å². The van der Waals surface area contributed by atoms with Gasteiger partial charge in [0.15, 0.2) is 0 Å². The summed E-state index contributed by atoms with van der Waals surface area (Å²) in [5.41, 5.74) is 1.43. The number of nitrogens with zero attached hydrogens (tertiary/aromatic N) is 2. The summed E-state index contributed by atoms with van der Waals surface area (Å²) in [7, 11) is 1.55. The highest BCUT2D eigenvalue weighted by Crippen LogP contribution is 2.22. The highest BCUT2D eigenvalue weighted by Gasteiger charge is 2.25. The van der Waals surface area contributed by atoms with Crippen molar-refractivity contribution in [1.82, 2.24) is 9.78 Å². The first-order chi connectivity index (χ1) is 9.15. The lowest BCUT2D eigenvalue weighted by atomic mass is 10.0. The summed E-state index contributed by atoms with van der Waals surface area (Å²) >= 11 is 0. The van der Waals surface area contributed by atoms with Crippen molar-refractivity contribution < 1.29 is 9.53 Å². The summed E-state index contributed by atoms with van der Waals surface area (Å²) in [5.74, 6) is -0.0695. The smallest absolute Gasteiger partial charge is 0.214 e. The Morgan fingerprint density at radius 3 is 2.47 bits per heavy atom. The van der Waals surface area contributed by atoms with E-state index in [2.05, 4.69) is 5.10 Å². The van der Waals surface area contributed by atoms with E-state index in [4.69, 9.17) is 4.74 Å². The number of hydrogen-bond donors (Lipinski definition) is 0. The molecule has 100 valence electrons. The molecule has 1 unspecified atom stereocenters. The van der Waals surface area contributed by atoms with Crippen LogP contribution in [-0.2, 0) is 4.74 Å². The molecule has 0 aliphatic heterocycles. The lowest BCUT2D eigenvalue weighted by Crippen LogP contribution is -2.20. The molecule has 0 radical (unpaired) electrons. The summed E-state index contributed by atoms with van der Waals surface area (Å²) in [6, 6.07) is 11.4. The Morgan fingerprint density at radius 2 is 1.89 bits per heavy atom. The number of benzene rings is 1. The van der Waals surface area contributed by atoms with Gasteiger partial charge in [-0.25, -0.2) is 0 Å². The quantitative estimate of drug-likeness (QED) is 0.774. The van der Waals surface area contributed by atoms with Gasteiger partial charge in [-0.3, -0.25) is 9.48 Å². The van der Waals surface area contributed by atoms with Gasteiger partial charge in [0.05, 0.1) is 0 Å². The highest BCUT2D eigenvalue weighted by molar-refractivity contribution is 5.98. The first-order valence-electron chi connectivity index (χ1n) is 6.30. The maximum Gasteiger partial charge on any atom is 0.214 e. The molecule has 0 bridgehead atoms. The standard InChI is InChI=1S/C15H18N2O2/c1-11(2)17-13(9-10-16-17)14(18)15(19-3)12-7-5-4-6-8-12/h4-11,15H,1-3H3. The van der Waals surface area contributed by atoms with Gasteiger partial charge in [-0.05, 0) is 25.5 Å². The van der Waals surface area contributed by atoms with Crippen LogP contribution in [0.2, 0.25) is 0 Å². The SMILES string of the molecule is COC(C(=O)c1ccnn1C(C)C)c1ccccc1. The molecule has 2 aromatic rings. The molecule has 0 saturated carbocycles. The van der Waals surface area contributed by atoms with Gasteiger partial charge in [0.2, 0.25) is 5.78 Å². The number of rotatable bonds is 5. The molecule has 1 aromatic carbocycles. The van der Waals surface area contributed by atoms with Gasteiger partial charge in [-0.15, -0.1) is 0 Å². The maximum atomic E-state index is 12.6. The molecule has 1 aromatic heterocycles. The summed E-state index contributed by atoms with van der Waals surface area (Å²) in [4.78, 5) is 12.6. The molecule has 0 fully saturated rings. The fourth-order valence-corrected chi connectivity index (χ4v) is 2.08. The van der Waals surface area contributed by atoms with Gasteiger partial charge in [0.25, 0.3) is 0 Å². The molecule has 19 heavy (non-hydrogen) atoms. The fraction of sp³-hybridized carbons (Fsp3) is 0.333. The second-order valence-electron chi connectivity index (χ2n) is 4.65. The van der Waals surface area contributed by atoms with Crippen LogP contribution >= 0.6 is 0 Å². The summed E-state index contributed by atoms with van der Waals surface area (Å²) in [6.07, 6.45) is 1.06. The normalized spacial score (nSPS) is 12.6. The molecular formula is C15H18N2O2. The van der Waals surface area contributed by atoms with Crippen molar-refractivity contribution in [2.75, 3.05) is 7.11 Å². The zero-order chi connectivity index (χ0) is 13.8. The van der Waals surface area contributed by atoms with Crippen molar-refractivity contribution in [1.29, 1.82) is 0 Å². The third kappa shape index (κ3) is 2.74. The molecule has 2 rings (SSSR count). The minimum atomic E-state index is -0.588. The molecule has 0 aliphatic carbocycles. The van der Waals surface area contributed by atoms with Gasteiger partial charge < -0.3 is 4.74 Å². The van der Waals surface area contributed by atoms with Crippen LogP contribution in [0.25, 0.3) is 0 Å². The van der Waals surface area contributed by atoms with Crippen molar-refractivity contribution in [3.8, 4) is 0 Å². The third-order valence-electron chi connectivity index (χ3n) is 2.99. The van der Waals surface area contributed by atoms with Crippen LogP contribution in [-0.4, -0.2) is 22.7 Å². The molecule has 0 saturated heterocycles. The average Bonchev–Trinajstić information content (AvgIpc) is 2.90. The Balaban J connectivity index is 2.34. The van der Waals surface area contributed by atoms with E-state index in [1.807, 2.05) is 44.2 Å². The van der Waals surface area contributed by atoms with Gasteiger partial charge >= 0.3 is 0 Å². The Morgan fingerprint density at radius 1 is 1.21 bits per heavy atom. The van der Waals surface area contributed by atoms with Crippen molar-refractivity contribution in [2.45, 2.75) is 26.0 Å². The predicted molar refractivity (Wildman–Crippen MR) is 73.1 cm³/mol. The number of aromatic nitrogens is 2. The zero-order valence-electron chi connectivity index (χ0n) is 11.4. The van der Waals surface area contributed by atoms with Crippen LogP contribution < -0.4 is 0 Å². The number of Topliss-reactive ketones (excluding diaryl/α,β-unsaturated/α-hetero) is 1. The van der Waals surface area contributed by atoms with E-state index < -0.39 is 6.10 Å². The molecule has 4 heteroatoms. The molecule has 1 atom stereocenters. The van der Waals surface area contributed by atoms with E-state index in [1.165, 1.54) is 0 Å². The van der Waals surface area contributed by atoms with E-state index in [0.29, 0.717) is 5.69 Å². The molecule has 0 aliphatic rings. The van der Waals surface area contributed by atoms with Crippen LogP contribution in [0.5, 0.6) is 0 Å². The molecular weight excluding hydrogens is 240 g/mol. The monoisotopic (exact) mass is 258 g/mol. The van der Waals surface area contributed by atoms with Crippen molar-refractivity contribution in [3.63, 3.8) is 0 Å². The first kappa shape index (κ1) is 13.5. The van der Waals surface area contributed by atoms with E-state index >= 15 is 0 Å². The van der Waals surface area contributed by atoms with Crippen molar-refractivity contribution >= 4 is 5.78 Å². The molecule has 0 amide bonds. The summed E-state index contributed by atoms with van der Waals surface area (Å²) in [6.45, 7) is 3.99. The summed E-state index contributed by atoms with van der Waals surface area (Å²) < 4.78 is 7.09. The first-order valence-corrected chi connectivity index (χ1v) is 6.30. The third-order valence-corrected chi connectivity index (χ3v) is 2.99. The van der Waals surface area contributed by atoms with Gasteiger partial charge in [0, 0.05) is 19.3 Å². The number of carbonyl (C=O) groups excluding carboxylic acids is 1. The number of ketones is 1. The largest absolute Gasteiger partial charge is 0.368 e. The minimum Gasteiger partial charge on any atom is -0.368 e. The lowest BCUT2D eigenvalue weighted by molar-refractivity contribution is 0.0591. The van der Waals surface area contributed by atoms with Crippen LogP contribution in [0.15, 0.2) is 42.6 Å². The number of methoxy groups -OCH3 is 1. The summed E-state index contributed by atoms with van der Waals surface area (Å²) in [5, 5.41) is 4.19. The Bertz CT molecular complexity index is 546. The van der Waals surface area contributed by atoms with E-state index in [9.17, 15) is 4.79 Å². The number of hydrogen-bond acceptors (Lipinski definition) is 3. The molecule has 0 N–H and O–H groups in total. The Kier molecular flexibility index (Phi) is 4.12. The average molecular weight is 258 g/mol. The van der Waals surface area contributed by atoms with Crippen LogP contribution in [0, 0.1) is 0 Å². The van der Waals surface area contributed by atoms with Gasteiger partial charge in [-0.2, -0.15) is 5.10 Å². The molecule has 0 spiro atoms. The van der Waals surface area contributed by atoms with Gasteiger partial charge in [0.1, 0.15) is 11.8 Å². The predicted octanol–water partition coefficient (Wildman–Crippen LogP) is 3.03. The van der Waals surface area contributed by atoms with E-state index in [1.54, 1.807) is 24.1 Å². The van der Waals surface area contributed by atoms with E-state index in [-0.39, 0.29) is 11.8 Å². The topological polar surface area (TPSA) is 44.1 Å². The second-order valence-corrected chi connectivity index (χ2v) is 4.65. The maximum absolute atomic E-state index is 12.6. The van der Waals surface area contributed by atoms with Crippen LogP contribution in [0.3, 0.4) is 0 Å². The number of ether oxygens (including phenoxy) is 1. The molecule has 1 heterocycles. The zero-order valence-corrected chi connectivity index (χ0v) is 11.4. The Hall–Kier alpha value is -1.94. The second kappa shape index (κ2) is 5.80. The number of carbonyl (C=O) groups is 1.